The zero-order valence-electron chi connectivity index (χ0n) is 18.9. The van der Waals surface area contributed by atoms with E-state index < -0.39 is 0 Å². The van der Waals surface area contributed by atoms with Crippen LogP contribution in [0.5, 0.6) is 11.8 Å². The van der Waals surface area contributed by atoms with Gasteiger partial charge in [0, 0.05) is 37.7 Å². The predicted octanol–water partition coefficient (Wildman–Crippen LogP) is 4.40. The van der Waals surface area contributed by atoms with E-state index in [0.29, 0.717) is 40.4 Å². The maximum absolute atomic E-state index is 14.5. The van der Waals surface area contributed by atoms with E-state index in [4.69, 9.17) is 19.9 Å². The van der Waals surface area contributed by atoms with Crippen molar-refractivity contribution in [1.82, 2.24) is 19.9 Å². The average Bonchev–Trinajstić information content (AvgIpc) is 3.55. The molecule has 4 aromatic heterocycles. The van der Waals surface area contributed by atoms with Crippen LogP contribution in [0.1, 0.15) is 13.3 Å². The number of anilines is 2. The number of halogens is 1. The number of nitrogens with zero attached hydrogens (tertiary/aromatic N) is 4. The Balaban J connectivity index is 1.53. The van der Waals surface area contributed by atoms with Gasteiger partial charge in [-0.2, -0.15) is 9.97 Å². The number of hydrogen-bond acceptors (Lipinski definition) is 8. The number of nitrogens with one attached hydrogen (secondary N) is 2. The first-order chi connectivity index (χ1) is 16.5. The Morgan fingerprint density at radius 2 is 2.21 bits per heavy atom. The number of ether oxygens (including phenoxy) is 1. The van der Waals surface area contributed by atoms with Gasteiger partial charge in [0.05, 0.1) is 29.1 Å². The van der Waals surface area contributed by atoms with Crippen LogP contribution < -0.4 is 20.7 Å². The molecule has 9 nitrogen and oxygen atoms in total. The summed E-state index contributed by atoms with van der Waals surface area (Å²) in [7, 11) is 1.76. The second kappa shape index (κ2) is 7.56. The summed E-state index contributed by atoms with van der Waals surface area (Å²) in [6.07, 6.45) is 4.11. The molecule has 34 heavy (non-hydrogen) atoms. The fraction of sp³-hybridized carbons (Fsp3) is 0.292. The Hall–Kier alpha value is -3.92. The number of hydrogen-bond donors (Lipinski definition) is 3. The number of nitrogens with two attached hydrogens (primary N) is 1. The van der Waals surface area contributed by atoms with Crippen LogP contribution in [0, 0.1) is 11.2 Å². The third-order valence-corrected chi connectivity index (χ3v) is 6.59. The summed E-state index contributed by atoms with van der Waals surface area (Å²) in [5.41, 5.74) is 9.33. The highest BCUT2D eigenvalue weighted by atomic mass is 19.1. The molecule has 1 fully saturated rings. The lowest BCUT2D eigenvalue weighted by Gasteiger charge is -2.23. The summed E-state index contributed by atoms with van der Waals surface area (Å²) in [6.45, 7) is 4.25. The van der Waals surface area contributed by atoms with E-state index in [0.717, 1.165) is 35.9 Å². The van der Waals surface area contributed by atoms with E-state index in [2.05, 4.69) is 32.1 Å². The van der Waals surface area contributed by atoms with Crippen LogP contribution in [-0.4, -0.2) is 46.6 Å². The molecule has 5 heterocycles. The standard InChI is InChI=1S/C24H24FN7O2/c1-24(11-26)4-5-32(12-24)22-19-15-7-13(25)8-17(27-2)20(15)29-21(19)30-23(31-22)34-14-9-18-16(28-10-14)3-6-33-18/h3,6-10,27H,4-5,11-12,26H2,1-2H3,(H,29,30,31). The Morgan fingerprint density at radius 3 is 3.00 bits per heavy atom. The number of pyridine rings is 1. The van der Waals surface area contributed by atoms with Gasteiger partial charge in [-0.15, -0.1) is 0 Å². The average molecular weight is 462 g/mol. The summed E-state index contributed by atoms with van der Waals surface area (Å²) < 4.78 is 25.9. The van der Waals surface area contributed by atoms with Crippen molar-refractivity contribution in [3.8, 4) is 11.8 Å². The number of aromatic amines is 1. The summed E-state index contributed by atoms with van der Waals surface area (Å²) in [4.78, 5) is 19.2. The van der Waals surface area contributed by atoms with Crippen LogP contribution in [0.15, 0.2) is 41.1 Å². The second-order valence-corrected chi connectivity index (χ2v) is 9.07. The summed E-state index contributed by atoms with van der Waals surface area (Å²) >= 11 is 0. The van der Waals surface area contributed by atoms with E-state index in [1.54, 1.807) is 31.6 Å². The predicted molar refractivity (Wildman–Crippen MR) is 129 cm³/mol. The normalized spacial score (nSPS) is 18.4. The number of aromatic nitrogens is 4. The Morgan fingerprint density at radius 1 is 1.32 bits per heavy atom. The molecule has 1 unspecified atom stereocenters. The molecule has 1 aromatic carbocycles. The number of H-pyrrole nitrogens is 1. The molecule has 1 atom stereocenters. The van der Waals surface area contributed by atoms with Crippen molar-refractivity contribution in [2.24, 2.45) is 11.1 Å². The number of rotatable bonds is 5. The van der Waals surface area contributed by atoms with Crippen LogP contribution in [0.3, 0.4) is 0 Å². The van der Waals surface area contributed by atoms with E-state index >= 15 is 0 Å². The summed E-state index contributed by atoms with van der Waals surface area (Å²) in [5.74, 6) is 0.803. The van der Waals surface area contributed by atoms with Crippen LogP contribution in [0.4, 0.5) is 15.9 Å². The fourth-order valence-corrected chi connectivity index (χ4v) is 4.66. The molecule has 0 radical (unpaired) electrons. The zero-order chi connectivity index (χ0) is 23.4. The minimum absolute atomic E-state index is 0.0277. The monoisotopic (exact) mass is 461 g/mol. The van der Waals surface area contributed by atoms with Crippen molar-refractivity contribution in [2.75, 3.05) is 36.9 Å². The van der Waals surface area contributed by atoms with E-state index in [1.165, 1.54) is 12.1 Å². The van der Waals surface area contributed by atoms with Gasteiger partial charge in [-0.05, 0) is 30.5 Å². The maximum atomic E-state index is 14.5. The Bertz CT molecular complexity index is 1550. The Kier molecular flexibility index (Phi) is 4.59. The molecule has 1 aliphatic heterocycles. The lowest BCUT2D eigenvalue weighted by atomic mass is 9.90. The van der Waals surface area contributed by atoms with Crippen LogP contribution in [0.2, 0.25) is 0 Å². The minimum Gasteiger partial charge on any atom is -0.463 e. The number of fused-ring (bicyclic) bond motifs is 4. The molecule has 4 N–H and O–H groups in total. The van der Waals surface area contributed by atoms with Gasteiger partial charge in [-0.25, -0.2) is 9.37 Å². The maximum Gasteiger partial charge on any atom is 0.326 e. The molecule has 0 spiro atoms. The molecule has 6 rings (SSSR count). The number of benzene rings is 1. The molecule has 10 heteroatoms. The SMILES string of the molecule is CNc1cc(F)cc2c1[nH]c1nc(Oc3cnc4ccoc4c3)nc(N3CCC(C)(CN)C3)c12. The quantitative estimate of drug-likeness (QED) is 0.352. The molecule has 1 aliphatic rings. The van der Waals surface area contributed by atoms with Crippen LogP contribution in [-0.2, 0) is 0 Å². The molecular weight excluding hydrogens is 437 g/mol. The van der Waals surface area contributed by atoms with Crippen LogP contribution >= 0.6 is 0 Å². The highest BCUT2D eigenvalue weighted by molar-refractivity contribution is 6.14. The number of furan rings is 1. The molecule has 0 bridgehead atoms. The minimum atomic E-state index is -0.338. The highest BCUT2D eigenvalue weighted by Gasteiger charge is 2.35. The van der Waals surface area contributed by atoms with Gasteiger partial charge in [-0.1, -0.05) is 6.92 Å². The molecule has 1 saturated heterocycles. The lowest BCUT2D eigenvalue weighted by molar-refractivity contribution is 0.383. The first kappa shape index (κ1) is 20.7. The van der Waals surface area contributed by atoms with Gasteiger partial charge in [0.1, 0.15) is 22.8 Å². The third kappa shape index (κ3) is 3.29. The van der Waals surface area contributed by atoms with Gasteiger partial charge in [0.25, 0.3) is 0 Å². The molecule has 174 valence electrons. The lowest BCUT2D eigenvalue weighted by Crippen LogP contribution is -2.31. The molecular formula is C24H24FN7O2. The van der Waals surface area contributed by atoms with Crippen molar-refractivity contribution >= 4 is 44.5 Å². The molecule has 0 amide bonds. The van der Waals surface area contributed by atoms with Gasteiger partial charge < -0.3 is 30.1 Å². The van der Waals surface area contributed by atoms with E-state index in [-0.39, 0.29) is 17.2 Å². The van der Waals surface area contributed by atoms with Crippen LogP contribution in [0.25, 0.3) is 33.0 Å². The zero-order valence-corrected chi connectivity index (χ0v) is 18.9. The summed E-state index contributed by atoms with van der Waals surface area (Å²) in [6, 6.07) is 6.65. The smallest absolute Gasteiger partial charge is 0.326 e. The van der Waals surface area contributed by atoms with E-state index in [1.807, 2.05) is 0 Å². The van der Waals surface area contributed by atoms with Crippen molar-refractivity contribution in [3.63, 3.8) is 0 Å². The van der Waals surface area contributed by atoms with Gasteiger partial charge >= 0.3 is 6.01 Å². The molecule has 0 saturated carbocycles. The van der Waals surface area contributed by atoms with Crippen molar-refractivity contribution < 1.29 is 13.5 Å². The Labute approximate surface area is 194 Å². The van der Waals surface area contributed by atoms with Gasteiger partial charge in [0.15, 0.2) is 11.3 Å². The van der Waals surface area contributed by atoms with Crippen molar-refractivity contribution in [3.05, 3.63) is 42.5 Å². The highest BCUT2D eigenvalue weighted by Crippen LogP contribution is 2.40. The van der Waals surface area contributed by atoms with Gasteiger partial charge in [-0.3, -0.25) is 0 Å². The third-order valence-electron chi connectivity index (χ3n) is 6.59. The first-order valence-corrected chi connectivity index (χ1v) is 11.1. The van der Waals surface area contributed by atoms with Gasteiger partial charge in [0.2, 0.25) is 0 Å². The second-order valence-electron chi connectivity index (χ2n) is 9.07. The largest absolute Gasteiger partial charge is 0.463 e. The van der Waals surface area contributed by atoms with E-state index in [9.17, 15) is 4.39 Å². The molecule has 0 aliphatic carbocycles. The fourth-order valence-electron chi connectivity index (χ4n) is 4.66. The van der Waals surface area contributed by atoms with Crippen molar-refractivity contribution in [2.45, 2.75) is 13.3 Å². The topological polar surface area (TPSA) is 118 Å². The van der Waals surface area contributed by atoms with Crippen molar-refractivity contribution in [1.29, 1.82) is 0 Å². The summed E-state index contributed by atoms with van der Waals surface area (Å²) in [5, 5.41) is 4.51. The molecule has 5 aromatic rings. The first-order valence-electron chi connectivity index (χ1n) is 11.1.